The molecule has 0 unspecified atom stereocenters. The predicted octanol–water partition coefficient (Wildman–Crippen LogP) is 5.72. The summed E-state index contributed by atoms with van der Waals surface area (Å²) in [6.45, 7) is 0. The van der Waals surface area contributed by atoms with Crippen molar-refractivity contribution in [3.05, 3.63) is 64.0 Å². The van der Waals surface area contributed by atoms with E-state index in [1.54, 1.807) is 17.5 Å². The SMILES string of the molecule is CSc1ccc(Cl)c(C(=O)Nc2nc(-c3cc(F)ccc3F)cs2)c1. The second-order valence-electron chi connectivity index (χ2n) is 4.96. The molecule has 3 nitrogen and oxygen atoms in total. The van der Waals surface area contributed by atoms with Crippen LogP contribution in [0, 0.1) is 11.6 Å². The van der Waals surface area contributed by atoms with Crippen LogP contribution in [0.5, 0.6) is 0 Å². The monoisotopic (exact) mass is 396 g/mol. The number of nitrogens with one attached hydrogen (secondary N) is 1. The lowest BCUT2D eigenvalue weighted by atomic mass is 10.1. The van der Waals surface area contributed by atoms with Crippen LogP contribution in [0.15, 0.2) is 46.7 Å². The van der Waals surface area contributed by atoms with Gasteiger partial charge < -0.3 is 0 Å². The average Bonchev–Trinajstić information content (AvgIpc) is 3.05. The average molecular weight is 397 g/mol. The first-order valence-corrected chi connectivity index (χ1v) is 9.52. The highest BCUT2D eigenvalue weighted by atomic mass is 35.5. The van der Waals surface area contributed by atoms with Gasteiger partial charge in [-0.3, -0.25) is 10.1 Å². The summed E-state index contributed by atoms with van der Waals surface area (Å²) in [6, 6.07) is 8.29. The van der Waals surface area contributed by atoms with E-state index in [2.05, 4.69) is 10.3 Å². The number of thioether (sulfide) groups is 1. The predicted molar refractivity (Wildman–Crippen MR) is 98.7 cm³/mol. The molecule has 0 spiro atoms. The Morgan fingerprint density at radius 3 is 2.80 bits per heavy atom. The maximum absolute atomic E-state index is 13.8. The minimum absolute atomic E-state index is 0.0409. The Balaban J connectivity index is 1.84. The number of carbonyl (C=O) groups excluding carboxylic acids is 1. The number of aromatic nitrogens is 1. The number of anilines is 1. The van der Waals surface area contributed by atoms with Crippen molar-refractivity contribution in [2.24, 2.45) is 0 Å². The zero-order chi connectivity index (χ0) is 18.0. The van der Waals surface area contributed by atoms with Gasteiger partial charge in [-0.1, -0.05) is 11.6 Å². The van der Waals surface area contributed by atoms with Gasteiger partial charge >= 0.3 is 0 Å². The van der Waals surface area contributed by atoms with Crippen LogP contribution in [0.3, 0.4) is 0 Å². The molecule has 0 aliphatic carbocycles. The number of hydrogen-bond acceptors (Lipinski definition) is 4. The molecular weight excluding hydrogens is 386 g/mol. The highest BCUT2D eigenvalue weighted by molar-refractivity contribution is 7.98. The Morgan fingerprint density at radius 2 is 2.04 bits per heavy atom. The van der Waals surface area contributed by atoms with Crippen molar-refractivity contribution < 1.29 is 13.6 Å². The van der Waals surface area contributed by atoms with Gasteiger partial charge in [0.2, 0.25) is 0 Å². The van der Waals surface area contributed by atoms with Crippen molar-refractivity contribution in [3.63, 3.8) is 0 Å². The van der Waals surface area contributed by atoms with Gasteiger partial charge in [0.05, 0.1) is 16.3 Å². The number of rotatable bonds is 4. The number of benzene rings is 2. The molecule has 0 aliphatic heterocycles. The fraction of sp³-hybridized carbons (Fsp3) is 0.0588. The summed E-state index contributed by atoms with van der Waals surface area (Å²) in [5.74, 6) is -1.56. The molecule has 0 saturated carbocycles. The molecule has 3 aromatic rings. The molecule has 3 rings (SSSR count). The Hall–Kier alpha value is -1.96. The summed E-state index contributed by atoms with van der Waals surface area (Å²) >= 11 is 8.68. The molecule has 1 amide bonds. The molecule has 0 aliphatic rings. The van der Waals surface area contributed by atoms with E-state index in [1.807, 2.05) is 12.3 Å². The van der Waals surface area contributed by atoms with Gasteiger partial charge in [0.1, 0.15) is 11.6 Å². The minimum Gasteiger partial charge on any atom is -0.298 e. The summed E-state index contributed by atoms with van der Waals surface area (Å²) < 4.78 is 27.1. The number of halogens is 3. The third-order valence-corrected chi connectivity index (χ3v) is 5.16. The van der Waals surface area contributed by atoms with E-state index in [9.17, 15) is 13.6 Å². The second-order valence-corrected chi connectivity index (χ2v) is 7.11. The topological polar surface area (TPSA) is 42.0 Å². The van der Waals surface area contributed by atoms with Crippen LogP contribution in [0.4, 0.5) is 13.9 Å². The third-order valence-electron chi connectivity index (χ3n) is 3.35. The molecule has 0 saturated heterocycles. The van der Waals surface area contributed by atoms with Crippen LogP contribution < -0.4 is 5.32 Å². The molecule has 128 valence electrons. The summed E-state index contributed by atoms with van der Waals surface area (Å²) in [7, 11) is 0. The van der Waals surface area contributed by atoms with Crippen molar-refractivity contribution in [1.82, 2.24) is 4.98 Å². The Bertz CT molecular complexity index is 946. The quantitative estimate of drug-likeness (QED) is 0.574. The van der Waals surface area contributed by atoms with E-state index in [4.69, 9.17) is 11.6 Å². The number of hydrogen-bond donors (Lipinski definition) is 1. The molecule has 1 heterocycles. The van der Waals surface area contributed by atoms with Crippen LogP contribution in [-0.2, 0) is 0 Å². The summed E-state index contributed by atoms with van der Waals surface area (Å²) in [5.41, 5.74) is 0.614. The van der Waals surface area contributed by atoms with Gasteiger partial charge in [0.25, 0.3) is 5.91 Å². The first kappa shape index (κ1) is 17.8. The maximum Gasteiger partial charge on any atom is 0.258 e. The molecule has 0 atom stereocenters. The second kappa shape index (κ2) is 7.51. The van der Waals surface area contributed by atoms with Gasteiger partial charge in [-0.2, -0.15) is 0 Å². The molecule has 0 bridgehead atoms. The van der Waals surface area contributed by atoms with E-state index in [0.717, 1.165) is 34.4 Å². The largest absolute Gasteiger partial charge is 0.298 e. The molecule has 1 N–H and O–H groups in total. The number of amides is 1. The van der Waals surface area contributed by atoms with Crippen molar-refractivity contribution in [2.45, 2.75) is 4.90 Å². The van der Waals surface area contributed by atoms with E-state index >= 15 is 0 Å². The lowest BCUT2D eigenvalue weighted by Gasteiger charge is -2.06. The molecular formula is C17H11ClF2N2OS2. The van der Waals surface area contributed by atoms with Gasteiger partial charge in [0, 0.05) is 15.8 Å². The number of carbonyl (C=O) groups is 1. The maximum atomic E-state index is 13.8. The van der Waals surface area contributed by atoms with Crippen LogP contribution in [0.25, 0.3) is 11.3 Å². The normalized spacial score (nSPS) is 10.7. The van der Waals surface area contributed by atoms with Crippen LogP contribution in [-0.4, -0.2) is 17.1 Å². The zero-order valence-electron chi connectivity index (χ0n) is 12.8. The van der Waals surface area contributed by atoms with Crippen LogP contribution in [0.1, 0.15) is 10.4 Å². The van der Waals surface area contributed by atoms with Gasteiger partial charge in [-0.05, 0) is 42.7 Å². The number of thiazole rings is 1. The number of nitrogens with zero attached hydrogens (tertiary/aromatic N) is 1. The Morgan fingerprint density at radius 1 is 1.24 bits per heavy atom. The molecule has 8 heteroatoms. The lowest BCUT2D eigenvalue weighted by molar-refractivity contribution is 0.102. The first-order chi connectivity index (χ1) is 12.0. The van der Waals surface area contributed by atoms with Crippen LogP contribution in [0.2, 0.25) is 5.02 Å². The van der Waals surface area contributed by atoms with Gasteiger partial charge in [0.15, 0.2) is 5.13 Å². The van der Waals surface area contributed by atoms with Crippen molar-refractivity contribution in [2.75, 3.05) is 11.6 Å². The summed E-state index contributed by atoms with van der Waals surface area (Å²) in [6.07, 6.45) is 1.89. The summed E-state index contributed by atoms with van der Waals surface area (Å²) in [4.78, 5) is 17.4. The standard InChI is InChI=1S/C17H11ClF2N2OS2/c1-24-10-3-4-13(18)11(7-10)16(23)22-17-21-15(8-25-17)12-6-9(19)2-5-14(12)20/h2-8H,1H3,(H,21,22,23). The van der Waals surface area contributed by atoms with E-state index in [-0.39, 0.29) is 16.4 Å². The van der Waals surface area contributed by atoms with Crippen LogP contribution >= 0.6 is 34.7 Å². The van der Waals surface area contributed by atoms with E-state index < -0.39 is 17.5 Å². The van der Waals surface area contributed by atoms with E-state index in [0.29, 0.717) is 10.6 Å². The molecule has 0 fully saturated rings. The summed E-state index contributed by atoms with van der Waals surface area (Å²) in [5, 5.41) is 4.78. The highest BCUT2D eigenvalue weighted by Gasteiger charge is 2.15. The molecule has 2 aromatic carbocycles. The first-order valence-electron chi connectivity index (χ1n) is 7.04. The van der Waals surface area contributed by atoms with Gasteiger partial charge in [-0.15, -0.1) is 23.1 Å². The van der Waals surface area contributed by atoms with E-state index in [1.165, 1.54) is 11.8 Å². The Labute approximate surface area is 156 Å². The molecule has 1 aromatic heterocycles. The smallest absolute Gasteiger partial charge is 0.258 e. The zero-order valence-corrected chi connectivity index (χ0v) is 15.2. The Kier molecular flexibility index (Phi) is 5.36. The minimum atomic E-state index is -0.583. The fourth-order valence-electron chi connectivity index (χ4n) is 2.12. The van der Waals surface area contributed by atoms with Crippen molar-refractivity contribution in [3.8, 4) is 11.3 Å². The third kappa shape index (κ3) is 4.00. The molecule has 25 heavy (non-hydrogen) atoms. The van der Waals surface area contributed by atoms with Gasteiger partial charge in [-0.25, -0.2) is 13.8 Å². The molecule has 0 radical (unpaired) electrons. The van der Waals surface area contributed by atoms with Crippen molar-refractivity contribution in [1.29, 1.82) is 0 Å². The fourth-order valence-corrected chi connectivity index (χ4v) is 3.47. The van der Waals surface area contributed by atoms with Crippen molar-refractivity contribution >= 4 is 45.7 Å². The lowest BCUT2D eigenvalue weighted by Crippen LogP contribution is -2.12. The highest BCUT2D eigenvalue weighted by Crippen LogP contribution is 2.29.